The molecular formula is C26H32N8O4. The van der Waals surface area contributed by atoms with Crippen LogP contribution >= 0.6 is 0 Å². The van der Waals surface area contributed by atoms with E-state index >= 15 is 0 Å². The van der Waals surface area contributed by atoms with Gasteiger partial charge in [-0.25, -0.2) is 14.8 Å². The van der Waals surface area contributed by atoms with Crippen LogP contribution in [0.15, 0.2) is 30.6 Å². The lowest BCUT2D eigenvalue weighted by atomic mass is 10.1. The molecule has 0 spiro atoms. The van der Waals surface area contributed by atoms with Crippen molar-refractivity contribution < 1.29 is 19.4 Å². The van der Waals surface area contributed by atoms with Crippen LogP contribution in [-0.2, 0) is 17.8 Å². The van der Waals surface area contributed by atoms with Crippen LogP contribution in [0.1, 0.15) is 54.3 Å². The number of carboxylic acid groups (broad SMARTS) is 1. The lowest BCUT2D eigenvalue weighted by Gasteiger charge is -2.24. The van der Waals surface area contributed by atoms with Gasteiger partial charge in [0.05, 0.1) is 24.3 Å². The summed E-state index contributed by atoms with van der Waals surface area (Å²) in [5.74, 6) is 1.56. The van der Waals surface area contributed by atoms with Gasteiger partial charge in [-0.1, -0.05) is 6.07 Å². The molecule has 2 amide bonds. The largest absolute Gasteiger partial charge is 0.465 e. The van der Waals surface area contributed by atoms with Crippen LogP contribution in [0.4, 0.5) is 16.4 Å². The minimum absolute atomic E-state index is 0.0697. The molecule has 1 saturated heterocycles. The fourth-order valence-corrected chi connectivity index (χ4v) is 4.76. The van der Waals surface area contributed by atoms with Crippen molar-refractivity contribution in [1.29, 1.82) is 0 Å². The van der Waals surface area contributed by atoms with E-state index in [1.54, 1.807) is 23.4 Å². The molecule has 1 fully saturated rings. The van der Waals surface area contributed by atoms with Crippen molar-refractivity contribution in [2.45, 2.75) is 51.9 Å². The summed E-state index contributed by atoms with van der Waals surface area (Å²) in [4.78, 5) is 39.5. The highest BCUT2D eigenvalue weighted by Crippen LogP contribution is 2.33. The van der Waals surface area contributed by atoms with Gasteiger partial charge in [0.25, 0.3) is 5.91 Å². The number of hydrogen-bond donors (Lipinski definition) is 1. The van der Waals surface area contributed by atoms with Crippen LogP contribution in [0.5, 0.6) is 0 Å². The number of aromatic nitrogens is 5. The number of ether oxygens (including phenoxy) is 1. The number of carbonyl (C=O) groups excluding carboxylic acids is 1. The van der Waals surface area contributed by atoms with Gasteiger partial charge in [0.15, 0.2) is 5.82 Å². The molecule has 0 atom stereocenters. The Balaban J connectivity index is 1.49. The van der Waals surface area contributed by atoms with Crippen molar-refractivity contribution in [1.82, 2.24) is 29.6 Å². The standard InChI is InChI=1S/C26H32N8O4/c1-16(2)32(4)23-12-18-19(21(29-23)14-31(3)26(36)37)13-33(25(18)35)22-7-5-6-20(28-22)24-30-27-15-34(24)17-8-10-38-11-9-17/h5-7,12,15-17H,8-11,13-14H2,1-4H3,(H,36,37). The summed E-state index contributed by atoms with van der Waals surface area (Å²) in [6.07, 6.45) is 2.41. The molecule has 2 aliphatic heterocycles. The number of nitrogens with zero attached hydrogens (tertiary/aromatic N) is 8. The Morgan fingerprint density at radius 3 is 2.68 bits per heavy atom. The molecular weight excluding hydrogens is 488 g/mol. The van der Waals surface area contributed by atoms with Crippen molar-refractivity contribution in [2.24, 2.45) is 0 Å². The van der Waals surface area contributed by atoms with E-state index in [1.807, 2.05) is 42.5 Å². The number of pyridine rings is 2. The normalized spacial score (nSPS) is 15.7. The van der Waals surface area contributed by atoms with Gasteiger partial charge in [0.2, 0.25) is 0 Å². The fraction of sp³-hybridized carbons (Fsp3) is 0.462. The first kappa shape index (κ1) is 25.6. The van der Waals surface area contributed by atoms with Crippen molar-refractivity contribution >= 4 is 23.6 Å². The first-order valence-electron chi connectivity index (χ1n) is 12.7. The first-order chi connectivity index (χ1) is 18.2. The Hall–Kier alpha value is -4.06. The van der Waals surface area contributed by atoms with Crippen LogP contribution < -0.4 is 9.80 Å². The monoisotopic (exact) mass is 520 g/mol. The van der Waals surface area contributed by atoms with Gasteiger partial charge in [-0.3, -0.25) is 9.69 Å². The number of fused-ring (bicyclic) bond motifs is 1. The molecule has 1 N–H and O–H groups in total. The van der Waals surface area contributed by atoms with Crippen molar-refractivity contribution in [3.8, 4) is 11.5 Å². The summed E-state index contributed by atoms with van der Waals surface area (Å²) in [5.41, 5.74) is 2.40. The van der Waals surface area contributed by atoms with E-state index in [2.05, 4.69) is 10.2 Å². The first-order valence-corrected chi connectivity index (χ1v) is 12.7. The predicted octanol–water partition coefficient (Wildman–Crippen LogP) is 3.20. The summed E-state index contributed by atoms with van der Waals surface area (Å²) in [6, 6.07) is 7.67. The maximum atomic E-state index is 13.7. The van der Waals surface area contributed by atoms with E-state index in [9.17, 15) is 14.7 Å². The maximum Gasteiger partial charge on any atom is 0.407 e. The van der Waals surface area contributed by atoms with Crippen LogP contribution in [0.25, 0.3) is 11.5 Å². The Labute approximate surface area is 220 Å². The average Bonchev–Trinajstić information content (AvgIpc) is 3.54. The minimum atomic E-state index is -1.06. The lowest BCUT2D eigenvalue weighted by Crippen LogP contribution is -2.29. The third kappa shape index (κ3) is 4.78. The van der Waals surface area contributed by atoms with E-state index in [0.29, 0.717) is 53.2 Å². The van der Waals surface area contributed by atoms with E-state index in [-0.39, 0.29) is 31.1 Å². The molecule has 0 radical (unpaired) electrons. The quantitative estimate of drug-likeness (QED) is 0.499. The molecule has 0 unspecified atom stereocenters. The molecule has 5 rings (SSSR count). The Kier molecular flexibility index (Phi) is 6.98. The molecule has 0 saturated carbocycles. The molecule has 12 nitrogen and oxygen atoms in total. The summed E-state index contributed by atoms with van der Waals surface area (Å²) >= 11 is 0. The zero-order chi connectivity index (χ0) is 27.0. The third-order valence-electron chi connectivity index (χ3n) is 7.23. The maximum absolute atomic E-state index is 13.7. The predicted molar refractivity (Wildman–Crippen MR) is 140 cm³/mol. The Morgan fingerprint density at radius 2 is 1.97 bits per heavy atom. The minimum Gasteiger partial charge on any atom is -0.465 e. The lowest BCUT2D eigenvalue weighted by molar-refractivity contribution is 0.0699. The third-order valence-corrected chi connectivity index (χ3v) is 7.23. The zero-order valence-corrected chi connectivity index (χ0v) is 22.0. The molecule has 3 aromatic rings. The highest BCUT2D eigenvalue weighted by molar-refractivity contribution is 6.10. The fourth-order valence-electron chi connectivity index (χ4n) is 4.76. The molecule has 0 aliphatic carbocycles. The van der Waals surface area contributed by atoms with Gasteiger partial charge in [0, 0.05) is 45.0 Å². The summed E-state index contributed by atoms with van der Waals surface area (Å²) < 4.78 is 7.53. The van der Waals surface area contributed by atoms with Crippen molar-refractivity contribution in [3.05, 3.63) is 47.4 Å². The summed E-state index contributed by atoms with van der Waals surface area (Å²) in [5, 5.41) is 17.9. The molecule has 200 valence electrons. The second-order valence-electron chi connectivity index (χ2n) is 9.97. The number of anilines is 2. The summed E-state index contributed by atoms with van der Waals surface area (Å²) in [7, 11) is 3.39. The number of amides is 2. The van der Waals surface area contributed by atoms with Crippen molar-refractivity contribution in [2.75, 3.05) is 37.1 Å². The zero-order valence-electron chi connectivity index (χ0n) is 22.0. The second-order valence-corrected chi connectivity index (χ2v) is 9.97. The Morgan fingerprint density at radius 1 is 1.21 bits per heavy atom. The van der Waals surface area contributed by atoms with Gasteiger partial charge < -0.3 is 24.2 Å². The Bertz CT molecular complexity index is 1350. The SMILES string of the molecule is CC(C)N(C)c1cc2c(c(CN(C)C(=O)O)n1)CN(c1cccc(-c3nncn3C3CCOCC3)n1)C2=O. The topological polar surface area (TPSA) is 130 Å². The van der Waals surface area contributed by atoms with Gasteiger partial charge in [-0.05, 0) is 44.9 Å². The van der Waals surface area contributed by atoms with Crippen LogP contribution in [0.2, 0.25) is 0 Å². The van der Waals surface area contributed by atoms with Gasteiger partial charge >= 0.3 is 6.09 Å². The highest BCUT2D eigenvalue weighted by atomic mass is 16.5. The molecule has 38 heavy (non-hydrogen) atoms. The van der Waals surface area contributed by atoms with Gasteiger partial charge in [-0.2, -0.15) is 0 Å². The van der Waals surface area contributed by atoms with E-state index in [0.717, 1.165) is 17.7 Å². The van der Waals surface area contributed by atoms with E-state index < -0.39 is 6.09 Å². The molecule has 0 aromatic carbocycles. The van der Waals surface area contributed by atoms with Gasteiger partial charge in [-0.15, -0.1) is 10.2 Å². The molecule has 3 aromatic heterocycles. The molecule has 0 bridgehead atoms. The van der Waals surface area contributed by atoms with Gasteiger partial charge in [0.1, 0.15) is 23.7 Å². The van der Waals surface area contributed by atoms with Crippen molar-refractivity contribution in [3.63, 3.8) is 0 Å². The second kappa shape index (κ2) is 10.4. The van der Waals surface area contributed by atoms with Crippen LogP contribution in [-0.4, -0.2) is 80.1 Å². The number of hydrogen-bond acceptors (Lipinski definition) is 8. The highest BCUT2D eigenvalue weighted by Gasteiger charge is 2.34. The van der Waals surface area contributed by atoms with E-state index in [1.165, 1.54) is 7.05 Å². The molecule has 5 heterocycles. The number of carbonyl (C=O) groups is 2. The van der Waals surface area contributed by atoms with Crippen LogP contribution in [0.3, 0.4) is 0 Å². The smallest absolute Gasteiger partial charge is 0.407 e. The molecule has 2 aliphatic rings. The average molecular weight is 521 g/mol. The molecule has 12 heteroatoms. The number of rotatable bonds is 7. The van der Waals surface area contributed by atoms with E-state index in [4.69, 9.17) is 14.7 Å². The van der Waals surface area contributed by atoms with Crippen LogP contribution in [0, 0.1) is 0 Å². The summed E-state index contributed by atoms with van der Waals surface area (Å²) in [6.45, 7) is 5.76.